The van der Waals surface area contributed by atoms with E-state index in [0.29, 0.717) is 11.4 Å². The first-order valence-corrected chi connectivity index (χ1v) is 6.97. The number of ether oxygens (including phenoxy) is 1. The summed E-state index contributed by atoms with van der Waals surface area (Å²) in [6.45, 7) is 1.47. The van der Waals surface area contributed by atoms with Gasteiger partial charge in [0, 0.05) is 0 Å². The standard InChI is InChI=1S/C15H16N2O4/c1-9(21-15(20)10-6-7-10)14(19)17-8-13(18)16-11-4-2-3-5-12(11)17/h2-5,9-10H,6-8H2,1H3,(H,16,18)/t9-/m0/s1. The van der Waals surface area contributed by atoms with Crippen LogP contribution in [0.15, 0.2) is 24.3 Å². The van der Waals surface area contributed by atoms with Crippen LogP contribution in [-0.2, 0) is 19.1 Å². The van der Waals surface area contributed by atoms with E-state index in [-0.39, 0.29) is 30.2 Å². The number of amides is 2. The number of carbonyl (C=O) groups excluding carboxylic acids is 3. The lowest BCUT2D eigenvalue weighted by Gasteiger charge is -2.30. The van der Waals surface area contributed by atoms with Gasteiger partial charge in [-0.05, 0) is 31.9 Å². The van der Waals surface area contributed by atoms with Crippen LogP contribution < -0.4 is 10.2 Å². The van der Waals surface area contributed by atoms with E-state index in [2.05, 4.69) is 5.32 Å². The summed E-state index contributed by atoms with van der Waals surface area (Å²) in [6.07, 6.45) is 0.765. The van der Waals surface area contributed by atoms with E-state index in [1.165, 1.54) is 11.8 Å². The molecule has 0 unspecified atom stereocenters. The highest BCUT2D eigenvalue weighted by Crippen LogP contribution is 2.32. The Kier molecular flexibility index (Phi) is 3.37. The average molecular weight is 288 g/mol. The molecular formula is C15H16N2O4. The smallest absolute Gasteiger partial charge is 0.309 e. The fourth-order valence-electron chi connectivity index (χ4n) is 2.29. The first-order valence-electron chi connectivity index (χ1n) is 6.97. The van der Waals surface area contributed by atoms with E-state index in [1.807, 2.05) is 0 Å². The van der Waals surface area contributed by atoms with Gasteiger partial charge in [-0.25, -0.2) is 0 Å². The highest BCUT2D eigenvalue weighted by Gasteiger charge is 2.36. The second-order valence-corrected chi connectivity index (χ2v) is 5.34. The molecule has 1 aromatic rings. The molecule has 1 aliphatic carbocycles. The van der Waals surface area contributed by atoms with Gasteiger partial charge in [0.1, 0.15) is 6.54 Å². The molecule has 21 heavy (non-hydrogen) atoms. The Morgan fingerprint density at radius 3 is 2.76 bits per heavy atom. The topological polar surface area (TPSA) is 75.7 Å². The number of hydrogen-bond donors (Lipinski definition) is 1. The molecule has 0 aromatic heterocycles. The van der Waals surface area contributed by atoms with Crippen molar-refractivity contribution in [1.82, 2.24) is 0 Å². The molecule has 1 heterocycles. The molecule has 0 saturated heterocycles. The van der Waals surface area contributed by atoms with Crippen LogP contribution in [0.25, 0.3) is 0 Å². The molecule has 0 radical (unpaired) electrons. The Morgan fingerprint density at radius 2 is 2.05 bits per heavy atom. The lowest BCUT2D eigenvalue weighted by atomic mass is 10.1. The second kappa shape index (κ2) is 5.20. The van der Waals surface area contributed by atoms with Crippen molar-refractivity contribution in [3.63, 3.8) is 0 Å². The fraction of sp³-hybridized carbons (Fsp3) is 0.400. The minimum Gasteiger partial charge on any atom is -0.452 e. The summed E-state index contributed by atoms with van der Waals surface area (Å²) in [5.74, 6) is -1.03. The van der Waals surface area contributed by atoms with Gasteiger partial charge in [0.05, 0.1) is 17.3 Å². The molecular weight excluding hydrogens is 272 g/mol. The Labute approximate surface area is 122 Å². The van der Waals surface area contributed by atoms with E-state index in [4.69, 9.17) is 4.74 Å². The van der Waals surface area contributed by atoms with Crippen molar-refractivity contribution in [2.45, 2.75) is 25.9 Å². The van der Waals surface area contributed by atoms with Crippen LogP contribution in [0.2, 0.25) is 0 Å². The quantitative estimate of drug-likeness (QED) is 0.851. The summed E-state index contributed by atoms with van der Waals surface area (Å²) in [4.78, 5) is 37.1. The molecule has 3 rings (SSSR count). The maximum absolute atomic E-state index is 12.5. The molecule has 2 aliphatic rings. The van der Waals surface area contributed by atoms with Gasteiger partial charge < -0.3 is 10.1 Å². The molecule has 6 heteroatoms. The molecule has 1 saturated carbocycles. The van der Waals surface area contributed by atoms with Crippen LogP contribution >= 0.6 is 0 Å². The Balaban J connectivity index is 1.77. The van der Waals surface area contributed by atoms with Crippen molar-refractivity contribution >= 4 is 29.2 Å². The maximum Gasteiger partial charge on any atom is 0.309 e. The third kappa shape index (κ3) is 2.74. The molecule has 0 bridgehead atoms. The van der Waals surface area contributed by atoms with Gasteiger partial charge in [0.2, 0.25) is 5.91 Å². The largest absolute Gasteiger partial charge is 0.452 e. The summed E-state index contributed by atoms with van der Waals surface area (Å²) in [5.41, 5.74) is 1.21. The molecule has 110 valence electrons. The molecule has 0 spiro atoms. The van der Waals surface area contributed by atoms with E-state index in [0.717, 1.165) is 12.8 Å². The highest BCUT2D eigenvalue weighted by molar-refractivity contribution is 6.11. The maximum atomic E-state index is 12.5. The van der Waals surface area contributed by atoms with E-state index in [1.54, 1.807) is 24.3 Å². The summed E-state index contributed by atoms with van der Waals surface area (Å²) in [6, 6.07) is 7.05. The summed E-state index contributed by atoms with van der Waals surface area (Å²) in [7, 11) is 0. The number of fused-ring (bicyclic) bond motifs is 1. The zero-order chi connectivity index (χ0) is 15.0. The Bertz CT molecular complexity index is 609. The first kappa shape index (κ1) is 13.6. The monoisotopic (exact) mass is 288 g/mol. The molecule has 1 aromatic carbocycles. The summed E-state index contributed by atoms with van der Waals surface area (Å²) >= 11 is 0. The molecule has 1 fully saturated rings. The molecule has 6 nitrogen and oxygen atoms in total. The number of anilines is 2. The molecule has 1 aliphatic heterocycles. The number of esters is 1. The molecule has 1 N–H and O–H groups in total. The SMILES string of the molecule is C[C@H](OC(=O)C1CC1)C(=O)N1CC(=O)Nc2ccccc21. The van der Waals surface area contributed by atoms with Crippen LogP contribution in [0.1, 0.15) is 19.8 Å². The molecule has 2 amide bonds. The zero-order valence-corrected chi connectivity index (χ0v) is 11.7. The Morgan fingerprint density at radius 1 is 1.33 bits per heavy atom. The van der Waals surface area contributed by atoms with Crippen molar-refractivity contribution in [2.24, 2.45) is 5.92 Å². The van der Waals surface area contributed by atoms with E-state index < -0.39 is 6.10 Å². The van der Waals surface area contributed by atoms with Gasteiger partial charge in [0.15, 0.2) is 6.10 Å². The fourth-order valence-corrected chi connectivity index (χ4v) is 2.29. The van der Waals surface area contributed by atoms with Gasteiger partial charge in [-0.2, -0.15) is 0 Å². The minimum absolute atomic E-state index is 0.0582. The van der Waals surface area contributed by atoms with Gasteiger partial charge in [0.25, 0.3) is 5.91 Å². The number of hydrogen-bond acceptors (Lipinski definition) is 4. The van der Waals surface area contributed by atoms with Gasteiger partial charge in [-0.3, -0.25) is 19.3 Å². The Hall–Kier alpha value is -2.37. The van der Waals surface area contributed by atoms with Crippen LogP contribution in [-0.4, -0.2) is 30.4 Å². The van der Waals surface area contributed by atoms with E-state index in [9.17, 15) is 14.4 Å². The minimum atomic E-state index is -0.892. The lowest BCUT2D eigenvalue weighted by Crippen LogP contribution is -2.47. The van der Waals surface area contributed by atoms with Crippen molar-refractivity contribution in [2.75, 3.05) is 16.8 Å². The number of nitrogens with zero attached hydrogens (tertiary/aromatic N) is 1. The zero-order valence-electron chi connectivity index (χ0n) is 11.7. The van der Waals surface area contributed by atoms with Crippen molar-refractivity contribution < 1.29 is 19.1 Å². The van der Waals surface area contributed by atoms with Gasteiger partial charge in [-0.1, -0.05) is 12.1 Å². The number of benzene rings is 1. The normalized spacial score (nSPS) is 18.5. The predicted molar refractivity (Wildman–Crippen MR) is 75.7 cm³/mol. The van der Waals surface area contributed by atoms with Crippen LogP contribution in [0.5, 0.6) is 0 Å². The number of rotatable bonds is 3. The summed E-state index contributed by atoms with van der Waals surface area (Å²) < 4.78 is 5.18. The first-order chi connectivity index (χ1) is 10.1. The second-order valence-electron chi connectivity index (χ2n) is 5.34. The predicted octanol–water partition coefficient (Wildman–Crippen LogP) is 1.31. The van der Waals surface area contributed by atoms with Gasteiger partial charge >= 0.3 is 5.97 Å². The third-order valence-electron chi connectivity index (χ3n) is 3.59. The van der Waals surface area contributed by atoms with Crippen molar-refractivity contribution in [3.8, 4) is 0 Å². The lowest BCUT2D eigenvalue weighted by molar-refractivity contribution is -0.155. The van der Waals surface area contributed by atoms with Gasteiger partial charge in [-0.15, -0.1) is 0 Å². The molecule has 1 atom stereocenters. The average Bonchev–Trinajstić information content (AvgIpc) is 3.30. The third-order valence-corrected chi connectivity index (χ3v) is 3.59. The highest BCUT2D eigenvalue weighted by atomic mass is 16.5. The van der Waals surface area contributed by atoms with Crippen LogP contribution in [0.4, 0.5) is 11.4 Å². The van der Waals surface area contributed by atoms with Crippen molar-refractivity contribution in [3.05, 3.63) is 24.3 Å². The van der Waals surface area contributed by atoms with E-state index >= 15 is 0 Å². The van der Waals surface area contributed by atoms with Crippen molar-refractivity contribution in [1.29, 1.82) is 0 Å². The van der Waals surface area contributed by atoms with Crippen LogP contribution in [0.3, 0.4) is 0 Å². The number of para-hydroxylation sites is 2. The van der Waals surface area contributed by atoms with Crippen LogP contribution in [0, 0.1) is 5.92 Å². The summed E-state index contributed by atoms with van der Waals surface area (Å²) in [5, 5.41) is 2.71. The number of carbonyl (C=O) groups is 3. The number of nitrogens with one attached hydrogen (secondary N) is 1.